The Hall–Kier alpha value is -0.980. The lowest BCUT2D eigenvalue weighted by Gasteiger charge is -2.05. The van der Waals surface area contributed by atoms with E-state index in [1.807, 2.05) is 6.92 Å². The van der Waals surface area contributed by atoms with Crippen LogP contribution in [-0.4, -0.2) is 31.7 Å². The van der Waals surface area contributed by atoms with Gasteiger partial charge in [-0.1, -0.05) is 6.92 Å². The minimum atomic E-state index is -3.53. The van der Waals surface area contributed by atoms with Gasteiger partial charge in [0.25, 0.3) is 0 Å². The summed E-state index contributed by atoms with van der Waals surface area (Å²) in [4.78, 5) is 3.98. The highest BCUT2D eigenvalue weighted by Gasteiger charge is 2.13. The van der Waals surface area contributed by atoms with Crippen LogP contribution in [0.3, 0.4) is 0 Å². The Labute approximate surface area is 89.2 Å². The van der Waals surface area contributed by atoms with Crippen molar-refractivity contribution in [3.63, 3.8) is 0 Å². The molecule has 1 aromatic heterocycles. The molecule has 84 valence electrons. The number of aryl methyl sites for hydroxylation is 1. The minimum absolute atomic E-state index is 0.0126. The van der Waals surface area contributed by atoms with Crippen LogP contribution in [0.4, 0.5) is 0 Å². The molecule has 0 spiro atoms. The Morgan fingerprint density at radius 1 is 1.47 bits per heavy atom. The molecule has 1 aromatic rings. The van der Waals surface area contributed by atoms with E-state index in [0.717, 1.165) is 12.0 Å². The summed E-state index contributed by atoms with van der Waals surface area (Å²) in [5.74, 6) is 0. The van der Waals surface area contributed by atoms with Gasteiger partial charge in [0.1, 0.15) is 4.90 Å². The normalized spacial score (nSPS) is 11.6. The molecule has 0 saturated heterocycles. The molecule has 0 aliphatic rings. The quantitative estimate of drug-likeness (QED) is 0.741. The van der Waals surface area contributed by atoms with Gasteiger partial charge in [-0.3, -0.25) is 4.98 Å². The Morgan fingerprint density at radius 3 is 2.80 bits per heavy atom. The van der Waals surface area contributed by atoms with E-state index in [-0.39, 0.29) is 18.0 Å². The summed E-state index contributed by atoms with van der Waals surface area (Å²) in [6.07, 6.45) is 3.65. The molecular formula is C9H14N2O3S. The molecule has 0 atom stereocenters. The van der Waals surface area contributed by atoms with Gasteiger partial charge in [0, 0.05) is 18.9 Å². The van der Waals surface area contributed by atoms with Crippen LogP contribution in [0.2, 0.25) is 0 Å². The maximum atomic E-state index is 11.6. The van der Waals surface area contributed by atoms with Gasteiger partial charge in [0.05, 0.1) is 6.61 Å². The largest absolute Gasteiger partial charge is 0.395 e. The monoisotopic (exact) mass is 230 g/mol. The number of hydrogen-bond acceptors (Lipinski definition) is 4. The van der Waals surface area contributed by atoms with Gasteiger partial charge in [0.2, 0.25) is 10.0 Å². The highest BCUT2D eigenvalue weighted by Crippen LogP contribution is 2.09. The SMILES string of the molecule is CCc1cncc(S(=O)(=O)NCCO)c1. The first-order chi connectivity index (χ1) is 7.10. The number of aliphatic hydroxyl groups is 1. The Morgan fingerprint density at radius 2 is 2.20 bits per heavy atom. The van der Waals surface area contributed by atoms with Crippen molar-refractivity contribution in [1.29, 1.82) is 0 Å². The van der Waals surface area contributed by atoms with Gasteiger partial charge >= 0.3 is 0 Å². The summed E-state index contributed by atoms with van der Waals surface area (Å²) in [5, 5.41) is 8.53. The molecule has 0 aliphatic heterocycles. The highest BCUT2D eigenvalue weighted by atomic mass is 32.2. The maximum absolute atomic E-state index is 11.6. The Kier molecular flexibility index (Phi) is 4.19. The van der Waals surface area contributed by atoms with Crippen LogP contribution in [0.5, 0.6) is 0 Å². The molecule has 0 unspecified atom stereocenters. The second-order valence-corrected chi connectivity index (χ2v) is 4.77. The molecule has 0 saturated carbocycles. The summed E-state index contributed by atoms with van der Waals surface area (Å²) >= 11 is 0. The average molecular weight is 230 g/mol. The third-order valence-corrected chi connectivity index (χ3v) is 3.32. The van der Waals surface area contributed by atoms with Crippen molar-refractivity contribution in [3.8, 4) is 0 Å². The molecule has 15 heavy (non-hydrogen) atoms. The molecule has 0 aromatic carbocycles. The Bertz CT molecular complexity index is 417. The number of hydrogen-bond donors (Lipinski definition) is 2. The number of aliphatic hydroxyl groups excluding tert-OH is 1. The van der Waals surface area contributed by atoms with Crippen LogP contribution in [0, 0.1) is 0 Å². The first-order valence-electron chi connectivity index (χ1n) is 4.64. The van der Waals surface area contributed by atoms with E-state index < -0.39 is 10.0 Å². The fourth-order valence-electron chi connectivity index (χ4n) is 1.07. The third-order valence-electron chi connectivity index (χ3n) is 1.89. The molecule has 1 rings (SSSR count). The molecule has 5 nitrogen and oxygen atoms in total. The fourth-order valence-corrected chi connectivity index (χ4v) is 2.10. The zero-order valence-electron chi connectivity index (χ0n) is 8.47. The zero-order valence-corrected chi connectivity index (χ0v) is 9.29. The van der Waals surface area contributed by atoms with Crippen molar-refractivity contribution in [3.05, 3.63) is 24.0 Å². The lowest BCUT2D eigenvalue weighted by molar-refractivity contribution is 0.301. The molecule has 0 aliphatic carbocycles. The summed E-state index contributed by atoms with van der Waals surface area (Å²) in [7, 11) is -3.53. The van der Waals surface area contributed by atoms with Crippen LogP contribution in [0.1, 0.15) is 12.5 Å². The average Bonchev–Trinajstić information content (AvgIpc) is 2.26. The van der Waals surface area contributed by atoms with Crippen molar-refractivity contribution in [2.45, 2.75) is 18.2 Å². The van der Waals surface area contributed by atoms with E-state index in [1.165, 1.54) is 6.20 Å². The molecule has 0 bridgehead atoms. The van der Waals surface area contributed by atoms with Gasteiger partial charge in [-0.15, -0.1) is 0 Å². The summed E-state index contributed by atoms with van der Waals surface area (Å²) in [6, 6.07) is 1.58. The van der Waals surface area contributed by atoms with E-state index in [4.69, 9.17) is 5.11 Å². The van der Waals surface area contributed by atoms with E-state index in [9.17, 15) is 8.42 Å². The molecule has 1 heterocycles. The lowest BCUT2D eigenvalue weighted by Crippen LogP contribution is -2.26. The maximum Gasteiger partial charge on any atom is 0.242 e. The summed E-state index contributed by atoms with van der Waals surface area (Å²) < 4.78 is 25.5. The number of nitrogens with one attached hydrogen (secondary N) is 1. The number of pyridine rings is 1. The van der Waals surface area contributed by atoms with Crippen molar-refractivity contribution >= 4 is 10.0 Å². The number of rotatable bonds is 5. The van der Waals surface area contributed by atoms with Crippen LogP contribution < -0.4 is 4.72 Å². The predicted octanol–water partition coefficient (Wildman–Crippen LogP) is -0.0854. The van der Waals surface area contributed by atoms with Crippen molar-refractivity contribution in [2.75, 3.05) is 13.2 Å². The molecular weight excluding hydrogens is 216 g/mol. The van der Waals surface area contributed by atoms with Gasteiger partial charge in [-0.05, 0) is 18.1 Å². The standard InChI is InChI=1S/C9H14N2O3S/c1-2-8-5-9(7-10-6-8)15(13,14)11-3-4-12/h5-7,11-12H,2-4H2,1H3. The second kappa shape index (κ2) is 5.20. The van der Waals surface area contributed by atoms with Gasteiger partial charge < -0.3 is 5.11 Å². The van der Waals surface area contributed by atoms with Crippen molar-refractivity contribution < 1.29 is 13.5 Å². The molecule has 2 N–H and O–H groups in total. The van der Waals surface area contributed by atoms with Crippen molar-refractivity contribution in [2.24, 2.45) is 0 Å². The highest BCUT2D eigenvalue weighted by molar-refractivity contribution is 7.89. The minimum Gasteiger partial charge on any atom is -0.395 e. The van der Waals surface area contributed by atoms with Crippen LogP contribution in [0.25, 0.3) is 0 Å². The van der Waals surface area contributed by atoms with Crippen LogP contribution >= 0.6 is 0 Å². The molecule has 0 radical (unpaired) electrons. The van der Waals surface area contributed by atoms with E-state index in [2.05, 4.69) is 9.71 Å². The molecule has 6 heteroatoms. The smallest absolute Gasteiger partial charge is 0.242 e. The third kappa shape index (κ3) is 3.26. The topological polar surface area (TPSA) is 79.3 Å². The van der Waals surface area contributed by atoms with E-state index in [1.54, 1.807) is 12.3 Å². The molecule has 0 fully saturated rings. The predicted molar refractivity (Wildman–Crippen MR) is 55.9 cm³/mol. The number of aromatic nitrogens is 1. The lowest BCUT2D eigenvalue weighted by atomic mass is 10.2. The van der Waals surface area contributed by atoms with Gasteiger partial charge in [0.15, 0.2) is 0 Å². The Balaban J connectivity index is 2.94. The molecule has 0 amide bonds. The first kappa shape index (κ1) is 12.1. The summed E-state index contributed by atoms with van der Waals surface area (Å²) in [5.41, 5.74) is 0.863. The fraction of sp³-hybridized carbons (Fsp3) is 0.444. The second-order valence-electron chi connectivity index (χ2n) is 3.00. The zero-order chi connectivity index (χ0) is 11.3. The van der Waals surface area contributed by atoms with Crippen LogP contribution in [0.15, 0.2) is 23.4 Å². The van der Waals surface area contributed by atoms with E-state index >= 15 is 0 Å². The van der Waals surface area contributed by atoms with Gasteiger partial charge in [-0.25, -0.2) is 13.1 Å². The van der Waals surface area contributed by atoms with Gasteiger partial charge in [-0.2, -0.15) is 0 Å². The summed E-state index contributed by atoms with van der Waals surface area (Å²) in [6.45, 7) is 1.72. The number of sulfonamides is 1. The van der Waals surface area contributed by atoms with E-state index in [0.29, 0.717) is 0 Å². The number of nitrogens with zero attached hydrogens (tertiary/aromatic N) is 1. The van der Waals surface area contributed by atoms with Crippen molar-refractivity contribution in [1.82, 2.24) is 9.71 Å². The first-order valence-corrected chi connectivity index (χ1v) is 6.13. The van der Waals surface area contributed by atoms with Crippen LogP contribution in [-0.2, 0) is 16.4 Å².